The topological polar surface area (TPSA) is 33.5 Å². The summed E-state index contributed by atoms with van der Waals surface area (Å²) in [6, 6.07) is 7.71. The van der Waals surface area contributed by atoms with Gasteiger partial charge in [0.2, 0.25) is 5.91 Å². The van der Waals surface area contributed by atoms with E-state index in [9.17, 15) is 4.79 Å². The highest BCUT2D eigenvalue weighted by molar-refractivity contribution is 9.10. The molecule has 0 spiro atoms. The zero-order chi connectivity index (χ0) is 14.5. The summed E-state index contributed by atoms with van der Waals surface area (Å²) in [5, 5.41) is 2.96. The van der Waals surface area contributed by atoms with Gasteiger partial charge in [-0.3, -0.25) is 4.79 Å². The van der Waals surface area contributed by atoms with Crippen LogP contribution in [0.1, 0.15) is 26.7 Å². The third-order valence-corrected chi connectivity index (χ3v) is 4.44. The average Bonchev–Trinajstić information content (AvgIpc) is 2.38. The molecular formula is C16H24BrN2O+. The molecule has 0 aromatic heterocycles. The molecule has 2 unspecified atom stereocenters. The van der Waals surface area contributed by atoms with E-state index in [1.54, 1.807) is 4.90 Å². The summed E-state index contributed by atoms with van der Waals surface area (Å²) in [4.78, 5) is 13.5. The largest absolute Gasteiger partial charge is 0.334 e. The molecule has 1 aromatic carbocycles. The Bertz CT molecular complexity index is 436. The van der Waals surface area contributed by atoms with E-state index in [-0.39, 0.29) is 5.91 Å². The normalized spacial score (nSPS) is 26.2. The molecule has 0 radical (unpaired) electrons. The molecule has 20 heavy (non-hydrogen) atoms. The van der Waals surface area contributed by atoms with Crippen molar-refractivity contribution in [3.8, 4) is 0 Å². The molecular weight excluding hydrogens is 316 g/mol. The van der Waals surface area contributed by atoms with E-state index in [1.807, 2.05) is 24.3 Å². The van der Waals surface area contributed by atoms with Crippen LogP contribution in [0.5, 0.6) is 0 Å². The lowest BCUT2D eigenvalue weighted by Gasteiger charge is -2.31. The van der Waals surface area contributed by atoms with Crippen LogP contribution in [-0.4, -0.2) is 25.5 Å². The molecule has 1 aliphatic rings. The first kappa shape index (κ1) is 15.5. The summed E-state index contributed by atoms with van der Waals surface area (Å²) >= 11 is 3.39. The van der Waals surface area contributed by atoms with Gasteiger partial charge in [0, 0.05) is 22.0 Å². The molecule has 0 aliphatic carbocycles. The number of quaternary nitrogens is 1. The van der Waals surface area contributed by atoms with Crippen molar-refractivity contribution in [1.82, 2.24) is 0 Å². The van der Waals surface area contributed by atoms with Gasteiger partial charge in [-0.15, -0.1) is 0 Å². The third kappa shape index (κ3) is 4.91. The number of amides is 1. The van der Waals surface area contributed by atoms with Gasteiger partial charge in [0.25, 0.3) is 0 Å². The van der Waals surface area contributed by atoms with Crippen molar-refractivity contribution < 1.29 is 9.69 Å². The van der Waals surface area contributed by atoms with Gasteiger partial charge in [-0.05, 0) is 30.7 Å². The highest BCUT2D eigenvalue weighted by Gasteiger charge is 2.25. The fraction of sp³-hybridized carbons (Fsp3) is 0.562. The van der Waals surface area contributed by atoms with Gasteiger partial charge >= 0.3 is 0 Å². The van der Waals surface area contributed by atoms with Gasteiger partial charge in [0.15, 0.2) is 0 Å². The summed E-state index contributed by atoms with van der Waals surface area (Å²) < 4.78 is 1.02. The second-order valence-electron chi connectivity index (χ2n) is 6.16. The standard InChI is InChI=1S/C16H23BrN2O/c1-12-9-13(2)11-19(10-12)8-7-16(20)18-15-5-3-14(17)4-6-15/h3-6,12-13H,7-11H2,1-2H3,(H,18,20)/p+1. The third-order valence-electron chi connectivity index (χ3n) is 3.91. The van der Waals surface area contributed by atoms with Crippen LogP contribution in [0, 0.1) is 11.8 Å². The van der Waals surface area contributed by atoms with Crippen molar-refractivity contribution in [3.05, 3.63) is 28.7 Å². The minimum atomic E-state index is 0.116. The van der Waals surface area contributed by atoms with Crippen molar-refractivity contribution in [1.29, 1.82) is 0 Å². The van der Waals surface area contributed by atoms with Crippen molar-refractivity contribution in [3.63, 3.8) is 0 Å². The Balaban J connectivity index is 1.76. The lowest BCUT2D eigenvalue weighted by Crippen LogP contribution is -3.14. The van der Waals surface area contributed by atoms with Crippen LogP contribution in [0.25, 0.3) is 0 Å². The summed E-state index contributed by atoms with van der Waals surface area (Å²) in [5.41, 5.74) is 0.869. The SMILES string of the molecule is CC1CC(C)C[NH+](CCC(=O)Nc2ccc(Br)cc2)C1. The van der Waals surface area contributed by atoms with E-state index in [2.05, 4.69) is 35.1 Å². The maximum absolute atomic E-state index is 12.0. The van der Waals surface area contributed by atoms with Crippen LogP contribution in [0.4, 0.5) is 5.69 Å². The van der Waals surface area contributed by atoms with E-state index in [1.165, 1.54) is 19.5 Å². The van der Waals surface area contributed by atoms with Crippen molar-refractivity contribution in [2.24, 2.45) is 11.8 Å². The van der Waals surface area contributed by atoms with Crippen LogP contribution < -0.4 is 10.2 Å². The molecule has 1 saturated heterocycles. The summed E-state index contributed by atoms with van der Waals surface area (Å²) in [7, 11) is 0. The lowest BCUT2D eigenvalue weighted by atomic mass is 9.92. The first-order chi connectivity index (χ1) is 9.52. The van der Waals surface area contributed by atoms with Crippen molar-refractivity contribution in [2.45, 2.75) is 26.7 Å². The predicted octanol–water partition coefficient (Wildman–Crippen LogP) is 2.34. The van der Waals surface area contributed by atoms with Crippen LogP contribution in [0.2, 0.25) is 0 Å². The van der Waals surface area contributed by atoms with Gasteiger partial charge in [0.1, 0.15) is 0 Å². The number of hydrogen-bond donors (Lipinski definition) is 2. The smallest absolute Gasteiger partial charge is 0.230 e. The molecule has 2 rings (SSSR count). The maximum Gasteiger partial charge on any atom is 0.230 e. The highest BCUT2D eigenvalue weighted by Crippen LogP contribution is 2.14. The van der Waals surface area contributed by atoms with Crippen LogP contribution in [0.3, 0.4) is 0 Å². The fourth-order valence-electron chi connectivity index (χ4n) is 3.17. The Morgan fingerprint density at radius 2 is 1.85 bits per heavy atom. The minimum absolute atomic E-state index is 0.116. The van der Waals surface area contributed by atoms with E-state index in [0.29, 0.717) is 6.42 Å². The van der Waals surface area contributed by atoms with Gasteiger partial charge in [-0.25, -0.2) is 0 Å². The second-order valence-corrected chi connectivity index (χ2v) is 7.08. The minimum Gasteiger partial charge on any atom is -0.334 e. The number of carbonyl (C=O) groups excluding carboxylic acids is 1. The summed E-state index contributed by atoms with van der Waals surface area (Å²) in [6.07, 6.45) is 1.93. The van der Waals surface area contributed by atoms with E-state index in [4.69, 9.17) is 0 Å². The average molecular weight is 340 g/mol. The number of rotatable bonds is 4. The number of hydrogen-bond acceptors (Lipinski definition) is 1. The number of piperidine rings is 1. The van der Waals surface area contributed by atoms with Crippen LogP contribution in [0.15, 0.2) is 28.7 Å². The van der Waals surface area contributed by atoms with E-state index < -0.39 is 0 Å². The fourth-order valence-corrected chi connectivity index (χ4v) is 3.44. The summed E-state index contributed by atoms with van der Waals surface area (Å²) in [6.45, 7) is 7.98. The molecule has 2 atom stereocenters. The van der Waals surface area contributed by atoms with Crippen LogP contribution >= 0.6 is 15.9 Å². The maximum atomic E-state index is 12.0. The zero-order valence-electron chi connectivity index (χ0n) is 12.3. The first-order valence-electron chi connectivity index (χ1n) is 7.42. The van der Waals surface area contributed by atoms with Crippen LogP contribution in [-0.2, 0) is 4.79 Å². The Morgan fingerprint density at radius 3 is 2.45 bits per heavy atom. The molecule has 0 bridgehead atoms. The molecule has 1 amide bonds. The van der Waals surface area contributed by atoms with Gasteiger partial charge in [-0.1, -0.05) is 29.8 Å². The van der Waals surface area contributed by atoms with E-state index >= 15 is 0 Å². The Kier molecular flexibility index (Phi) is 5.61. The quantitative estimate of drug-likeness (QED) is 0.867. The molecule has 1 heterocycles. The predicted molar refractivity (Wildman–Crippen MR) is 85.9 cm³/mol. The first-order valence-corrected chi connectivity index (χ1v) is 8.21. The highest BCUT2D eigenvalue weighted by atomic mass is 79.9. The number of anilines is 1. The Hall–Kier alpha value is -0.870. The number of likely N-dealkylation sites (tertiary alicyclic amines) is 1. The van der Waals surface area contributed by atoms with Gasteiger partial charge in [0.05, 0.1) is 26.1 Å². The molecule has 4 heteroatoms. The van der Waals surface area contributed by atoms with Gasteiger partial charge in [-0.2, -0.15) is 0 Å². The molecule has 2 N–H and O–H groups in total. The molecule has 110 valence electrons. The Labute approximate surface area is 129 Å². The van der Waals surface area contributed by atoms with Gasteiger partial charge < -0.3 is 10.2 Å². The number of halogens is 1. The lowest BCUT2D eigenvalue weighted by molar-refractivity contribution is -0.911. The zero-order valence-corrected chi connectivity index (χ0v) is 13.9. The molecule has 1 fully saturated rings. The molecule has 0 saturated carbocycles. The monoisotopic (exact) mass is 339 g/mol. The number of benzene rings is 1. The molecule has 1 aromatic rings. The number of carbonyl (C=O) groups is 1. The summed E-state index contributed by atoms with van der Waals surface area (Å²) in [5.74, 6) is 1.68. The van der Waals surface area contributed by atoms with Crippen molar-refractivity contribution >= 4 is 27.5 Å². The molecule has 3 nitrogen and oxygen atoms in total. The molecule has 1 aliphatic heterocycles. The van der Waals surface area contributed by atoms with E-state index in [0.717, 1.165) is 28.5 Å². The van der Waals surface area contributed by atoms with Crippen molar-refractivity contribution in [2.75, 3.05) is 25.0 Å². The second kappa shape index (κ2) is 7.23. The Morgan fingerprint density at radius 1 is 1.25 bits per heavy atom. The number of nitrogens with one attached hydrogen (secondary N) is 2.